The number of aryl methyl sites for hydroxylation is 1. The van der Waals surface area contributed by atoms with Crippen molar-refractivity contribution in [1.29, 1.82) is 0 Å². The molecule has 0 radical (unpaired) electrons. The quantitative estimate of drug-likeness (QED) is 0.827. The van der Waals surface area contributed by atoms with E-state index in [0.29, 0.717) is 0 Å². The van der Waals surface area contributed by atoms with Gasteiger partial charge in [-0.1, -0.05) is 29.8 Å². The predicted molar refractivity (Wildman–Crippen MR) is 66.0 cm³/mol. The fourth-order valence-corrected chi connectivity index (χ4v) is 1.70. The van der Waals surface area contributed by atoms with Crippen LogP contribution in [0.4, 0.5) is 0 Å². The fourth-order valence-electron chi connectivity index (χ4n) is 1.60. The van der Waals surface area contributed by atoms with Gasteiger partial charge in [0, 0.05) is 5.56 Å². The number of carbonyl (C=O) groups is 1. The Bertz CT molecular complexity index is 493. The number of Topliss-reactive ketones (excluding diaryl/α,β-unsaturated/α-hetero) is 1. The summed E-state index contributed by atoms with van der Waals surface area (Å²) < 4.78 is 10.2. The molecule has 2 rings (SSSR count). The first kappa shape index (κ1) is 11.6. The van der Waals surface area contributed by atoms with E-state index in [2.05, 4.69) is 12.2 Å². The molecule has 0 aliphatic carbocycles. The molecule has 1 aromatic rings. The molecule has 1 atom stereocenters. The molecule has 5 heteroatoms. The van der Waals surface area contributed by atoms with Crippen LogP contribution < -0.4 is 5.73 Å². The average Bonchev–Trinajstić information content (AvgIpc) is 2.59. The van der Waals surface area contributed by atoms with Gasteiger partial charge in [-0.15, -0.1) is 0 Å². The molecule has 0 bridgehead atoms. The third kappa shape index (κ3) is 2.14. The zero-order valence-electron chi connectivity index (χ0n) is 9.17. The van der Waals surface area contributed by atoms with E-state index >= 15 is 0 Å². The molecule has 1 heterocycles. The predicted octanol–water partition coefficient (Wildman–Crippen LogP) is 1.74. The van der Waals surface area contributed by atoms with E-state index in [9.17, 15) is 4.79 Å². The Morgan fingerprint density at radius 1 is 1.41 bits per heavy atom. The molecule has 0 fully saturated rings. The molecular weight excluding hydrogens is 238 g/mol. The average molecular weight is 249 g/mol. The number of ether oxygens (including phenoxy) is 2. The zero-order valence-corrected chi connectivity index (χ0v) is 9.99. The monoisotopic (exact) mass is 249 g/mol. The smallest absolute Gasteiger partial charge is 0.248 e. The van der Waals surface area contributed by atoms with Gasteiger partial charge in [0.25, 0.3) is 0 Å². The summed E-state index contributed by atoms with van der Waals surface area (Å²) in [5, 5.41) is 0. The molecule has 17 heavy (non-hydrogen) atoms. The molecule has 0 amide bonds. The van der Waals surface area contributed by atoms with Gasteiger partial charge in [-0.2, -0.15) is 0 Å². The van der Waals surface area contributed by atoms with Gasteiger partial charge in [-0.05, 0) is 19.1 Å². The summed E-state index contributed by atoms with van der Waals surface area (Å²) in [5.74, 6) is -0.361. The summed E-state index contributed by atoms with van der Waals surface area (Å²) in [4.78, 5) is 11.9. The van der Waals surface area contributed by atoms with Crippen LogP contribution in [0.1, 0.15) is 17.2 Å². The van der Waals surface area contributed by atoms with Gasteiger partial charge < -0.3 is 15.2 Å². The largest absolute Gasteiger partial charge is 0.460 e. The first-order chi connectivity index (χ1) is 8.13. The zero-order chi connectivity index (χ0) is 12.4. The molecule has 0 aromatic heterocycles. The summed E-state index contributed by atoms with van der Waals surface area (Å²) in [7, 11) is 0. The van der Waals surface area contributed by atoms with Crippen molar-refractivity contribution in [2.24, 2.45) is 5.73 Å². The summed E-state index contributed by atoms with van der Waals surface area (Å²) in [6.07, 6.45) is -0.736. The number of ketones is 1. The van der Waals surface area contributed by atoms with Crippen molar-refractivity contribution >= 4 is 23.6 Å². The highest BCUT2D eigenvalue weighted by Gasteiger charge is 2.36. The molecule has 0 spiro atoms. The lowest BCUT2D eigenvalue weighted by molar-refractivity contribution is -0.123. The third-order valence-electron chi connectivity index (χ3n) is 2.48. The van der Waals surface area contributed by atoms with E-state index in [4.69, 9.17) is 15.2 Å². The van der Waals surface area contributed by atoms with Crippen molar-refractivity contribution in [3.63, 3.8) is 0 Å². The van der Waals surface area contributed by atoms with Crippen molar-refractivity contribution in [2.45, 2.75) is 13.0 Å². The second-order valence-corrected chi connectivity index (χ2v) is 3.87. The summed E-state index contributed by atoms with van der Waals surface area (Å²) in [6.45, 7) is 1.97. The lowest BCUT2D eigenvalue weighted by Gasteiger charge is -2.09. The van der Waals surface area contributed by atoms with Crippen molar-refractivity contribution < 1.29 is 14.3 Å². The third-order valence-corrected chi connectivity index (χ3v) is 2.57. The highest BCUT2D eigenvalue weighted by Crippen LogP contribution is 2.31. The summed E-state index contributed by atoms with van der Waals surface area (Å²) in [6, 6.07) is 7.46. The van der Waals surface area contributed by atoms with Gasteiger partial charge >= 0.3 is 0 Å². The van der Waals surface area contributed by atoms with Crippen LogP contribution in [-0.2, 0) is 14.3 Å². The Morgan fingerprint density at radius 2 is 2.06 bits per heavy atom. The van der Waals surface area contributed by atoms with Gasteiger partial charge in [-0.3, -0.25) is 4.79 Å². The lowest BCUT2D eigenvalue weighted by Crippen LogP contribution is -2.11. The Morgan fingerprint density at radius 3 is 2.65 bits per heavy atom. The number of benzene rings is 1. The van der Waals surface area contributed by atoms with E-state index in [1.807, 2.05) is 31.2 Å². The minimum absolute atomic E-state index is 0.0226. The van der Waals surface area contributed by atoms with Gasteiger partial charge in [0.1, 0.15) is 0 Å². The van der Waals surface area contributed by atoms with Crippen LogP contribution in [0.2, 0.25) is 0 Å². The molecule has 1 unspecified atom stereocenters. The van der Waals surface area contributed by atoms with Gasteiger partial charge in [0.2, 0.25) is 17.4 Å². The number of hydrogen-bond acceptors (Lipinski definition) is 5. The van der Waals surface area contributed by atoms with Crippen LogP contribution in [0.25, 0.3) is 0 Å². The standard InChI is InChI=1S/C12H11NO3S/c1-7-2-4-8(5-3-7)10-9(14)11(15-6-17)12(13)16-10/h2-6,10H,13H2,1H3. The topological polar surface area (TPSA) is 61.6 Å². The highest BCUT2D eigenvalue weighted by atomic mass is 32.1. The van der Waals surface area contributed by atoms with Crippen molar-refractivity contribution in [3.05, 3.63) is 47.0 Å². The van der Waals surface area contributed by atoms with Crippen molar-refractivity contribution in [1.82, 2.24) is 0 Å². The summed E-state index contributed by atoms with van der Waals surface area (Å²) in [5.41, 5.74) is 8.39. The van der Waals surface area contributed by atoms with E-state index in [1.165, 1.54) is 0 Å². The van der Waals surface area contributed by atoms with Crippen LogP contribution in [-0.4, -0.2) is 11.3 Å². The number of hydrogen-bond donors (Lipinski definition) is 1. The second-order valence-electron chi connectivity index (χ2n) is 3.68. The van der Waals surface area contributed by atoms with Crippen molar-refractivity contribution in [2.75, 3.05) is 0 Å². The molecule has 88 valence electrons. The Hall–Kier alpha value is -1.88. The lowest BCUT2D eigenvalue weighted by atomic mass is 10.0. The molecule has 0 saturated carbocycles. The van der Waals surface area contributed by atoms with E-state index in [1.54, 1.807) is 0 Å². The number of rotatable bonds is 3. The fraction of sp³-hybridized carbons (Fsp3) is 0.167. The molecule has 0 saturated heterocycles. The SMILES string of the molecule is Cc1ccc(C2OC(N)=C(OC=S)C2=O)cc1. The normalized spacial score (nSPS) is 19.1. The molecule has 2 N–H and O–H groups in total. The Kier molecular flexibility index (Phi) is 3.10. The van der Waals surface area contributed by atoms with Crippen LogP contribution >= 0.6 is 12.2 Å². The van der Waals surface area contributed by atoms with E-state index < -0.39 is 6.10 Å². The number of nitrogens with two attached hydrogens (primary N) is 1. The second kappa shape index (κ2) is 4.55. The Labute approximate surface area is 104 Å². The van der Waals surface area contributed by atoms with Crippen LogP contribution in [0.5, 0.6) is 0 Å². The van der Waals surface area contributed by atoms with Gasteiger partial charge in [-0.25, -0.2) is 0 Å². The van der Waals surface area contributed by atoms with Crippen LogP contribution in [0.15, 0.2) is 35.9 Å². The van der Waals surface area contributed by atoms with Crippen LogP contribution in [0.3, 0.4) is 0 Å². The first-order valence-electron chi connectivity index (χ1n) is 5.01. The van der Waals surface area contributed by atoms with Crippen LogP contribution in [0, 0.1) is 6.92 Å². The summed E-state index contributed by atoms with van der Waals surface area (Å²) >= 11 is 4.52. The van der Waals surface area contributed by atoms with E-state index in [-0.39, 0.29) is 17.4 Å². The Balaban J connectivity index is 2.25. The molecule has 1 aromatic carbocycles. The molecule has 1 aliphatic rings. The maximum Gasteiger partial charge on any atom is 0.248 e. The first-order valence-corrected chi connectivity index (χ1v) is 5.48. The van der Waals surface area contributed by atoms with Gasteiger partial charge in [0.15, 0.2) is 11.7 Å². The molecule has 1 aliphatic heterocycles. The highest BCUT2D eigenvalue weighted by molar-refractivity contribution is 7.78. The van der Waals surface area contributed by atoms with Crippen molar-refractivity contribution in [3.8, 4) is 0 Å². The van der Waals surface area contributed by atoms with Gasteiger partial charge in [0.05, 0.1) is 0 Å². The maximum atomic E-state index is 11.9. The number of carbonyl (C=O) groups excluding carboxylic acids is 1. The minimum atomic E-state index is -0.736. The molecule has 4 nitrogen and oxygen atoms in total. The molecular formula is C12H11NO3S. The van der Waals surface area contributed by atoms with E-state index in [0.717, 1.165) is 16.7 Å². The minimum Gasteiger partial charge on any atom is -0.460 e. The maximum absolute atomic E-state index is 11.9. The number of thiocarbonyl (C=S) groups is 1.